The molecule has 3 N–H and O–H groups in total. The van der Waals surface area contributed by atoms with Gasteiger partial charge in [0.1, 0.15) is 17.6 Å². The van der Waals surface area contributed by atoms with Crippen molar-refractivity contribution in [2.24, 2.45) is 10.2 Å². The van der Waals surface area contributed by atoms with E-state index in [4.69, 9.17) is 19.2 Å². The van der Waals surface area contributed by atoms with Crippen LogP contribution in [-0.4, -0.2) is 19.6 Å². The Morgan fingerprint density at radius 1 is 1.21 bits per heavy atom. The Hall–Kier alpha value is -3.42. The first-order valence-electron chi connectivity index (χ1n) is 8.21. The molecular formula is C18H17N5O4S. The molecule has 1 aromatic carbocycles. The number of nitrogens with one attached hydrogen (secondary N) is 1. The maximum absolute atomic E-state index is 11.3. The van der Waals surface area contributed by atoms with Gasteiger partial charge in [-0.05, 0) is 36.4 Å². The predicted octanol–water partition coefficient (Wildman–Crippen LogP) is 3.02. The van der Waals surface area contributed by atoms with Crippen LogP contribution in [0.1, 0.15) is 37.1 Å². The average Bonchev–Trinajstić information content (AvgIpc) is 3.28. The van der Waals surface area contributed by atoms with Crippen molar-refractivity contribution in [3.63, 3.8) is 0 Å². The molecule has 0 spiro atoms. The molecule has 0 aliphatic carbocycles. The van der Waals surface area contributed by atoms with E-state index in [2.05, 4.69) is 15.5 Å². The summed E-state index contributed by atoms with van der Waals surface area (Å²) in [7, 11) is -3.74. The standard InChI is InChI=1S/C18H17N5O4S/c1-11(2)17-22-15(9-19)18(27-17)23-21-10-13-5-8-16(26-13)12-3-6-14(7-4-12)28(20,24)25/h3-8,10-11,23H,1-2H3,(H2,20,24,25)/b21-10+. The lowest BCUT2D eigenvalue weighted by Crippen LogP contribution is -2.11. The maximum Gasteiger partial charge on any atom is 0.252 e. The Balaban J connectivity index is 1.72. The first-order valence-corrected chi connectivity index (χ1v) is 9.75. The van der Waals surface area contributed by atoms with Crippen molar-refractivity contribution >= 4 is 22.1 Å². The fourth-order valence-electron chi connectivity index (χ4n) is 2.28. The van der Waals surface area contributed by atoms with Crippen molar-refractivity contribution in [2.75, 3.05) is 5.43 Å². The summed E-state index contributed by atoms with van der Waals surface area (Å²) in [6.07, 6.45) is 1.42. The van der Waals surface area contributed by atoms with Gasteiger partial charge in [-0.1, -0.05) is 13.8 Å². The number of rotatable bonds is 6. The first-order chi connectivity index (χ1) is 13.3. The zero-order valence-electron chi connectivity index (χ0n) is 15.1. The Labute approximate surface area is 161 Å². The van der Waals surface area contributed by atoms with Crippen LogP contribution in [-0.2, 0) is 10.0 Å². The zero-order valence-corrected chi connectivity index (χ0v) is 15.9. The largest absolute Gasteiger partial charge is 0.455 e. The van der Waals surface area contributed by atoms with Crippen molar-refractivity contribution in [3.05, 3.63) is 53.7 Å². The average molecular weight is 399 g/mol. The topological polar surface area (TPSA) is 148 Å². The van der Waals surface area contributed by atoms with Crippen LogP contribution in [0.5, 0.6) is 0 Å². The zero-order chi connectivity index (χ0) is 20.3. The molecule has 0 amide bonds. The molecule has 0 aliphatic heterocycles. The molecule has 0 fully saturated rings. The number of furan rings is 1. The minimum absolute atomic E-state index is 0.0231. The Morgan fingerprint density at radius 2 is 1.93 bits per heavy atom. The van der Waals surface area contributed by atoms with Gasteiger partial charge in [0.15, 0.2) is 0 Å². The quantitative estimate of drug-likeness (QED) is 0.478. The summed E-state index contributed by atoms with van der Waals surface area (Å²) < 4.78 is 33.7. The van der Waals surface area contributed by atoms with E-state index in [9.17, 15) is 8.42 Å². The number of nitriles is 1. The van der Waals surface area contributed by atoms with E-state index in [1.54, 1.807) is 24.3 Å². The van der Waals surface area contributed by atoms with Crippen molar-refractivity contribution in [1.82, 2.24) is 4.98 Å². The molecule has 144 valence electrons. The van der Waals surface area contributed by atoms with Gasteiger partial charge in [-0.25, -0.2) is 24.0 Å². The fraction of sp³-hybridized carbons (Fsp3) is 0.167. The van der Waals surface area contributed by atoms with Gasteiger partial charge >= 0.3 is 0 Å². The minimum Gasteiger partial charge on any atom is -0.455 e. The van der Waals surface area contributed by atoms with Gasteiger partial charge in [0.25, 0.3) is 5.88 Å². The monoisotopic (exact) mass is 399 g/mol. The highest BCUT2D eigenvalue weighted by molar-refractivity contribution is 7.89. The second-order valence-electron chi connectivity index (χ2n) is 6.14. The van der Waals surface area contributed by atoms with E-state index in [-0.39, 0.29) is 22.4 Å². The summed E-state index contributed by atoms with van der Waals surface area (Å²) in [4.78, 5) is 4.11. The lowest BCUT2D eigenvalue weighted by atomic mass is 10.2. The van der Waals surface area contributed by atoms with Gasteiger partial charge in [0.05, 0.1) is 11.1 Å². The number of aromatic nitrogens is 1. The van der Waals surface area contributed by atoms with Crippen LogP contribution in [0.3, 0.4) is 0 Å². The minimum atomic E-state index is -3.74. The smallest absolute Gasteiger partial charge is 0.252 e. The van der Waals surface area contributed by atoms with Gasteiger partial charge in [-0.2, -0.15) is 10.4 Å². The molecule has 0 saturated heterocycles. The van der Waals surface area contributed by atoms with Gasteiger partial charge < -0.3 is 8.83 Å². The number of benzene rings is 1. The van der Waals surface area contributed by atoms with Crippen LogP contribution >= 0.6 is 0 Å². The molecule has 0 saturated carbocycles. The second kappa shape index (κ2) is 7.67. The molecule has 0 atom stereocenters. The first kappa shape index (κ1) is 19.3. The number of sulfonamides is 1. The van der Waals surface area contributed by atoms with Crippen LogP contribution in [0.4, 0.5) is 5.88 Å². The maximum atomic E-state index is 11.3. The highest BCUT2D eigenvalue weighted by atomic mass is 32.2. The molecule has 0 unspecified atom stereocenters. The van der Waals surface area contributed by atoms with E-state index in [1.165, 1.54) is 18.3 Å². The number of anilines is 1. The third-order valence-electron chi connectivity index (χ3n) is 3.70. The molecule has 2 aromatic heterocycles. The number of hydrogen-bond donors (Lipinski definition) is 2. The van der Waals surface area contributed by atoms with Crippen molar-refractivity contribution in [2.45, 2.75) is 24.7 Å². The molecular weight excluding hydrogens is 382 g/mol. The predicted molar refractivity (Wildman–Crippen MR) is 102 cm³/mol. The van der Waals surface area contributed by atoms with E-state index >= 15 is 0 Å². The van der Waals surface area contributed by atoms with Crippen LogP contribution in [0, 0.1) is 11.3 Å². The van der Waals surface area contributed by atoms with Gasteiger partial charge in [-0.3, -0.25) is 0 Å². The third kappa shape index (κ3) is 4.28. The van der Waals surface area contributed by atoms with Crippen molar-refractivity contribution in [1.29, 1.82) is 5.26 Å². The summed E-state index contributed by atoms with van der Waals surface area (Å²) >= 11 is 0. The number of primary sulfonamides is 1. The van der Waals surface area contributed by atoms with Crippen LogP contribution in [0.15, 0.2) is 55.2 Å². The van der Waals surface area contributed by atoms with E-state index in [0.717, 1.165) is 0 Å². The van der Waals surface area contributed by atoms with Gasteiger partial charge in [0.2, 0.25) is 21.6 Å². The molecule has 28 heavy (non-hydrogen) atoms. The van der Waals surface area contributed by atoms with E-state index in [0.29, 0.717) is 23.0 Å². The number of oxazole rings is 1. The summed E-state index contributed by atoms with van der Waals surface area (Å²) in [6, 6.07) is 11.4. The van der Waals surface area contributed by atoms with E-state index in [1.807, 2.05) is 19.9 Å². The van der Waals surface area contributed by atoms with Crippen LogP contribution in [0.2, 0.25) is 0 Å². The summed E-state index contributed by atoms with van der Waals surface area (Å²) in [5.74, 6) is 1.62. The Bertz CT molecular complexity index is 1150. The van der Waals surface area contributed by atoms with Crippen molar-refractivity contribution < 1.29 is 17.3 Å². The Morgan fingerprint density at radius 3 is 2.54 bits per heavy atom. The lowest BCUT2D eigenvalue weighted by molar-refractivity contribution is 0.481. The lowest BCUT2D eigenvalue weighted by Gasteiger charge is -2.00. The van der Waals surface area contributed by atoms with E-state index < -0.39 is 10.0 Å². The SMILES string of the molecule is CC(C)c1nc(C#N)c(N/N=C/c2ccc(-c3ccc(S(N)(=O)=O)cc3)o2)o1. The molecule has 0 radical (unpaired) electrons. The van der Waals surface area contributed by atoms with Crippen LogP contribution in [0.25, 0.3) is 11.3 Å². The van der Waals surface area contributed by atoms with Gasteiger partial charge in [0, 0.05) is 11.5 Å². The Kier molecular flexibility index (Phi) is 5.30. The third-order valence-corrected chi connectivity index (χ3v) is 4.62. The highest BCUT2D eigenvalue weighted by Gasteiger charge is 2.15. The molecule has 9 nitrogen and oxygen atoms in total. The molecule has 0 aliphatic rings. The van der Waals surface area contributed by atoms with Gasteiger partial charge in [-0.15, -0.1) is 0 Å². The number of nitrogens with two attached hydrogens (primary N) is 1. The number of hydrazone groups is 1. The number of nitrogens with zero attached hydrogens (tertiary/aromatic N) is 3. The molecule has 2 heterocycles. The van der Waals surface area contributed by atoms with Crippen LogP contribution < -0.4 is 10.6 Å². The second-order valence-corrected chi connectivity index (χ2v) is 7.70. The van der Waals surface area contributed by atoms with Crippen molar-refractivity contribution in [3.8, 4) is 17.4 Å². The molecule has 10 heteroatoms. The fourth-order valence-corrected chi connectivity index (χ4v) is 2.79. The summed E-state index contributed by atoms with van der Waals surface area (Å²) in [5, 5.41) is 18.2. The molecule has 3 rings (SSSR count). The number of hydrogen-bond acceptors (Lipinski definition) is 8. The summed E-state index contributed by atoms with van der Waals surface area (Å²) in [5.41, 5.74) is 3.44. The summed E-state index contributed by atoms with van der Waals surface area (Å²) in [6.45, 7) is 3.81. The highest BCUT2D eigenvalue weighted by Crippen LogP contribution is 2.24. The normalized spacial score (nSPS) is 11.8. The molecule has 0 bridgehead atoms. The molecule has 3 aromatic rings.